The van der Waals surface area contributed by atoms with Gasteiger partial charge in [-0.2, -0.15) is 0 Å². The smallest absolute Gasteiger partial charge is 0.255 e. The van der Waals surface area contributed by atoms with Crippen LogP contribution in [0.25, 0.3) is 0 Å². The number of nitrogens with two attached hydrogens (primary N) is 1. The van der Waals surface area contributed by atoms with Crippen LogP contribution in [0.3, 0.4) is 0 Å². The first-order valence-electron chi connectivity index (χ1n) is 10.1. The largest absolute Gasteiger partial charge is 0.397 e. The molecule has 0 atom stereocenters. The molecule has 3 aromatic rings. The second-order valence-corrected chi connectivity index (χ2v) is 7.53. The number of aromatic nitrogens is 1. The Balaban J connectivity index is 1.33. The van der Waals surface area contributed by atoms with Gasteiger partial charge in [0.1, 0.15) is 0 Å². The van der Waals surface area contributed by atoms with Crippen molar-refractivity contribution in [1.29, 1.82) is 0 Å². The Bertz CT molecular complexity index is 948. The average Bonchev–Trinajstić information content (AvgIpc) is 2.77. The Labute approximate surface area is 171 Å². The summed E-state index contributed by atoms with van der Waals surface area (Å²) >= 11 is 0. The van der Waals surface area contributed by atoms with Crippen LogP contribution >= 0.6 is 0 Å². The normalized spacial score (nSPS) is 15.2. The van der Waals surface area contributed by atoms with Gasteiger partial charge in [-0.1, -0.05) is 30.3 Å². The van der Waals surface area contributed by atoms with Gasteiger partial charge in [-0.3, -0.25) is 14.7 Å². The van der Waals surface area contributed by atoms with E-state index >= 15 is 0 Å². The van der Waals surface area contributed by atoms with Gasteiger partial charge in [-0.25, -0.2) is 0 Å². The number of nitrogens with zero attached hydrogens (tertiary/aromatic N) is 2. The van der Waals surface area contributed by atoms with Crippen molar-refractivity contribution >= 4 is 17.3 Å². The fourth-order valence-corrected chi connectivity index (χ4v) is 3.86. The maximum absolute atomic E-state index is 12.5. The summed E-state index contributed by atoms with van der Waals surface area (Å²) in [6.45, 7) is 3.04. The number of nitrogen functional groups attached to an aromatic ring is 1. The van der Waals surface area contributed by atoms with E-state index in [4.69, 9.17) is 5.73 Å². The predicted octanol–water partition coefficient (Wildman–Crippen LogP) is 4.30. The highest BCUT2D eigenvalue weighted by atomic mass is 16.1. The molecular formula is C24H26N4O. The van der Waals surface area contributed by atoms with Crippen molar-refractivity contribution in [2.24, 2.45) is 0 Å². The minimum Gasteiger partial charge on any atom is -0.397 e. The van der Waals surface area contributed by atoms with Crippen molar-refractivity contribution in [2.45, 2.75) is 25.3 Å². The highest BCUT2D eigenvalue weighted by molar-refractivity contribution is 6.05. The van der Waals surface area contributed by atoms with E-state index in [9.17, 15) is 4.79 Å². The summed E-state index contributed by atoms with van der Waals surface area (Å²) in [7, 11) is 0. The molecule has 1 amide bonds. The van der Waals surface area contributed by atoms with Gasteiger partial charge in [0, 0.05) is 18.3 Å². The summed E-state index contributed by atoms with van der Waals surface area (Å²) in [4.78, 5) is 19.4. The number of amides is 1. The van der Waals surface area contributed by atoms with Crippen LogP contribution < -0.4 is 11.1 Å². The van der Waals surface area contributed by atoms with Gasteiger partial charge in [0.2, 0.25) is 0 Å². The first-order chi connectivity index (χ1) is 14.2. The number of para-hydroxylation sites is 2. The van der Waals surface area contributed by atoms with Crippen molar-refractivity contribution in [1.82, 2.24) is 9.88 Å². The summed E-state index contributed by atoms with van der Waals surface area (Å²) in [5.74, 6) is 0.400. The maximum atomic E-state index is 12.5. The van der Waals surface area contributed by atoms with Crippen molar-refractivity contribution in [3.63, 3.8) is 0 Å². The zero-order valence-corrected chi connectivity index (χ0v) is 16.4. The van der Waals surface area contributed by atoms with E-state index in [0.29, 0.717) is 22.9 Å². The highest BCUT2D eigenvalue weighted by Gasteiger charge is 2.21. The SMILES string of the molecule is Nc1ccccc1NC(=O)c1ccc(C2CCN(Cc3ccccn3)CC2)cc1. The van der Waals surface area contributed by atoms with E-state index in [-0.39, 0.29) is 5.91 Å². The van der Waals surface area contributed by atoms with Crippen LogP contribution in [-0.2, 0) is 6.54 Å². The molecule has 5 heteroatoms. The van der Waals surface area contributed by atoms with Gasteiger partial charge in [0.15, 0.2) is 0 Å². The third kappa shape index (κ3) is 4.81. The van der Waals surface area contributed by atoms with Crippen LogP contribution in [-0.4, -0.2) is 28.9 Å². The number of pyridine rings is 1. The molecule has 0 aliphatic carbocycles. The predicted molar refractivity (Wildman–Crippen MR) is 117 cm³/mol. The van der Waals surface area contributed by atoms with Crippen molar-refractivity contribution in [3.05, 3.63) is 89.7 Å². The van der Waals surface area contributed by atoms with E-state index < -0.39 is 0 Å². The standard InChI is InChI=1S/C24H26N4O/c25-22-6-1-2-7-23(22)27-24(29)20-10-8-18(9-11-20)19-12-15-28(16-13-19)17-21-5-3-4-14-26-21/h1-11,14,19H,12-13,15-17,25H2,(H,27,29). The molecule has 0 unspecified atom stereocenters. The second-order valence-electron chi connectivity index (χ2n) is 7.53. The number of carbonyl (C=O) groups is 1. The van der Waals surface area contributed by atoms with Crippen LogP contribution in [0.1, 0.15) is 40.4 Å². The van der Waals surface area contributed by atoms with Gasteiger partial charge in [-0.15, -0.1) is 0 Å². The molecule has 0 bridgehead atoms. The van der Waals surface area contributed by atoms with Gasteiger partial charge in [0.05, 0.1) is 17.1 Å². The maximum Gasteiger partial charge on any atom is 0.255 e. The number of rotatable bonds is 5. The molecule has 0 saturated carbocycles. The summed E-state index contributed by atoms with van der Waals surface area (Å²) in [5, 5.41) is 2.88. The molecule has 3 N–H and O–H groups in total. The molecule has 0 spiro atoms. The first-order valence-corrected chi connectivity index (χ1v) is 10.1. The molecule has 4 rings (SSSR count). The zero-order valence-electron chi connectivity index (χ0n) is 16.4. The van der Waals surface area contributed by atoms with Crippen molar-refractivity contribution < 1.29 is 4.79 Å². The average molecular weight is 386 g/mol. The molecule has 1 saturated heterocycles. The van der Waals surface area contributed by atoms with E-state index in [1.165, 1.54) is 5.56 Å². The third-order valence-electron chi connectivity index (χ3n) is 5.55. The number of hydrogen-bond acceptors (Lipinski definition) is 4. The lowest BCUT2D eigenvalue weighted by Gasteiger charge is -2.32. The lowest BCUT2D eigenvalue weighted by molar-refractivity contribution is 0.102. The van der Waals surface area contributed by atoms with Crippen molar-refractivity contribution in [2.75, 3.05) is 24.1 Å². The number of hydrogen-bond donors (Lipinski definition) is 2. The Kier molecular flexibility index (Phi) is 5.86. The zero-order chi connectivity index (χ0) is 20.1. The van der Waals surface area contributed by atoms with Gasteiger partial charge >= 0.3 is 0 Å². The molecule has 2 aromatic carbocycles. The Morgan fingerprint density at radius 2 is 1.72 bits per heavy atom. The number of benzene rings is 2. The number of anilines is 2. The minimum atomic E-state index is -0.139. The highest BCUT2D eigenvalue weighted by Crippen LogP contribution is 2.29. The Morgan fingerprint density at radius 1 is 1.00 bits per heavy atom. The molecular weight excluding hydrogens is 360 g/mol. The topological polar surface area (TPSA) is 71.2 Å². The number of piperidine rings is 1. The first kappa shape index (κ1) is 19.2. The number of nitrogens with one attached hydrogen (secondary N) is 1. The van der Waals surface area contributed by atoms with Gasteiger partial charge in [-0.05, 0) is 73.8 Å². The van der Waals surface area contributed by atoms with E-state index in [0.717, 1.165) is 38.2 Å². The van der Waals surface area contributed by atoms with Crippen LogP contribution in [0.15, 0.2) is 72.9 Å². The summed E-state index contributed by atoms with van der Waals surface area (Å²) < 4.78 is 0. The summed E-state index contributed by atoms with van der Waals surface area (Å²) in [5.41, 5.74) is 10.2. The lowest BCUT2D eigenvalue weighted by Crippen LogP contribution is -2.32. The van der Waals surface area contributed by atoms with Crippen molar-refractivity contribution in [3.8, 4) is 0 Å². The summed E-state index contributed by atoms with van der Waals surface area (Å²) in [6, 6.07) is 21.3. The van der Waals surface area contributed by atoms with Crippen LogP contribution in [0.2, 0.25) is 0 Å². The lowest BCUT2D eigenvalue weighted by atomic mass is 9.89. The molecule has 0 radical (unpaired) electrons. The van der Waals surface area contributed by atoms with Crippen LogP contribution in [0, 0.1) is 0 Å². The van der Waals surface area contributed by atoms with Gasteiger partial charge < -0.3 is 11.1 Å². The second kappa shape index (κ2) is 8.88. The van der Waals surface area contributed by atoms with E-state index in [1.54, 1.807) is 12.1 Å². The third-order valence-corrected chi connectivity index (χ3v) is 5.55. The molecule has 1 aromatic heterocycles. The van der Waals surface area contributed by atoms with Crippen LogP contribution in [0.4, 0.5) is 11.4 Å². The molecule has 148 valence electrons. The minimum absolute atomic E-state index is 0.139. The van der Waals surface area contributed by atoms with Crippen LogP contribution in [0.5, 0.6) is 0 Å². The fourth-order valence-electron chi connectivity index (χ4n) is 3.86. The fraction of sp³-hybridized carbons (Fsp3) is 0.250. The van der Waals surface area contributed by atoms with E-state index in [2.05, 4.69) is 33.4 Å². The van der Waals surface area contributed by atoms with Gasteiger partial charge in [0.25, 0.3) is 5.91 Å². The molecule has 2 heterocycles. The summed E-state index contributed by atoms with van der Waals surface area (Å²) in [6.07, 6.45) is 4.10. The number of carbonyl (C=O) groups excluding carboxylic acids is 1. The molecule has 29 heavy (non-hydrogen) atoms. The number of likely N-dealkylation sites (tertiary alicyclic amines) is 1. The molecule has 1 aliphatic rings. The Morgan fingerprint density at radius 3 is 2.41 bits per heavy atom. The molecule has 1 fully saturated rings. The quantitative estimate of drug-likeness (QED) is 0.642. The monoisotopic (exact) mass is 386 g/mol. The Hall–Kier alpha value is -3.18. The molecule has 5 nitrogen and oxygen atoms in total. The van der Waals surface area contributed by atoms with E-state index in [1.807, 2.05) is 42.6 Å². The molecule has 1 aliphatic heterocycles.